The van der Waals surface area contributed by atoms with Crippen LogP contribution in [-0.2, 0) is 18.4 Å². The van der Waals surface area contributed by atoms with Gasteiger partial charge in [-0.2, -0.15) is 0 Å². The van der Waals surface area contributed by atoms with E-state index in [0.717, 1.165) is 31.6 Å². The first kappa shape index (κ1) is 11.1. The van der Waals surface area contributed by atoms with Crippen LogP contribution in [0.15, 0.2) is 6.33 Å². The summed E-state index contributed by atoms with van der Waals surface area (Å²) in [6.07, 6.45) is 4.83. The van der Waals surface area contributed by atoms with Crippen molar-refractivity contribution in [1.82, 2.24) is 25.4 Å². The molecule has 0 aromatic carbocycles. The third-order valence-electron chi connectivity index (χ3n) is 2.85. The second-order valence-corrected chi connectivity index (χ2v) is 4.08. The highest BCUT2D eigenvalue weighted by molar-refractivity contribution is 5.81. The number of nitrogens with one attached hydrogen (secondary N) is 2. The van der Waals surface area contributed by atoms with Gasteiger partial charge in [-0.15, -0.1) is 10.2 Å². The van der Waals surface area contributed by atoms with Crippen molar-refractivity contribution in [2.45, 2.75) is 31.8 Å². The lowest BCUT2D eigenvalue weighted by atomic mass is 10.0. The summed E-state index contributed by atoms with van der Waals surface area (Å²) in [5.41, 5.74) is 0. The zero-order valence-electron chi connectivity index (χ0n) is 9.44. The summed E-state index contributed by atoms with van der Waals surface area (Å²) in [4.78, 5) is 11.8. The van der Waals surface area contributed by atoms with Crippen LogP contribution in [0.3, 0.4) is 0 Å². The van der Waals surface area contributed by atoms with Crippen molar-refractivity contribution in [2.24, 2.45) is 7.05 Å². The van der Waals surface area contributed by atoms with Gasteiger partial charge in [0.25, 0.3) is 0 Å². The van der Waals surface area contributed by atoms with Crippen LogP contribution in [0.5, 0.6) is 0 Å². The van der Waals surface area contributed by atoms with E-state index >= 15 is 0 Å². The van der Waals surface area contributed by atoms with E-state index < -0.39 is 0 Å². The third kappa shape index (κ3) is 2.57. The van der Waals surface area contributed by atoms with E-state index in [4.69, 9.17) is 0 Å². The first-order valence-corrected chi connectivity index (χ1v) is 5.61. The molecule has 1 aliphatic rings. The fraction of sp³-hybridized carbons (Fsp3) is 0.700. The van der Waals surface area contributed by atoms with Crippen LogP contribution < -0.4 is 10.6 Å². The van der Waals surface area contributed by atoms with Gasteiger partial charge in [-0.05, 0) is 19.4 Å². The van der Waals surface area contributed by atoms with Crippen molar-refractivity contribution in [3.8, 4) is 0 Å². The van der Waals surface area contributed by atoms with Gasteiger partial charge in [0.05, 0.1) is 12.6 Å². The highest BCUT2D eigenvalue weighted by Gasteiger charge is 2.20. The maximum atomic E-state index is 11.8. The molecule has 1 fully saturated rings. The standard InChI is InChI=1S/C10H17N5O/c1-15-7-13-14-9(15)6-12-10(16)8-4-2-3-5-11-8/h7-8,11H,2-6H2,1H3,(H,12,16)/t8-/m1/s1. The van der Waals surface area contributed by atoms with Crippen molar-refractivity contribution in [3.05, 3.63) is 12.2 Å². The largest absolute Gasteiger partial charge is 0.347 e. The number of aromatic nitrogens is 3. The molecule has 0 spiro atoms. The van der Waals surface area contributed by atoms with Gasteiger partial charge in [0, 0.05) is 7.05 Å². The minimum absolute atomic E-state index is 0.0398. The first-order chi connectivity index (χ1) is 7.77. The van der Waals surface area contributed by atoms with Crippen LogP contribution in [0.2, 0.25) is 0 Å². The Hall–Kier alpha value is -1.43. The molecule has 1 aliphatic heterocycles. The third-order valence-corrected chi connectivity index (χ3v) is 2.85. The van der Waals surface area contributed by atoms with Crippen molar-refractivity contribution >= 4 is 5.91 Å². The fourth-order valence-corrected chi connectivity index (χ4v) is 1.83. The molecule has 1 saturated heterocycles. The minimum atomic E-state index is -0.0398. The molecule has 2 rings (SSSR count). The predicted octanol–water partition coefficient (Wildman–Crippen LogP) is -0.427. The molecular weight excluding hydrogens is 206 g/mol. The molecule has 0 aliphatic carbocycles. The number of hydrogen-bond donors (Lipinski definition) is 2. The number of rotatable bonds is 3. The molecule has 88 valence electrons. The van der Waals surface area contributed by atoms with E-state index in [2.05, 4.69) is 20.8 Å². The molecule has 6 heteroatoms. The predicted molar refractivity (Wildman–Crippen MR) is 58.5 cm³/mol. The van der Waals surface area contributed by atoms with Crippen molar-refractivity contribution in [3.63, 3.8) is 0 Å². The van der Waals surface area contributed by atoms with Gasteiger partial charge in [-0.25, -0.2) is 0 Å². The molecule has 0 unspecified atom stereocenters. The first-order valence-electron chi connectivity index (χ1n) is 5.61. The highest BCUT2D eigenvalue weighted by Crippen LogP contribution is 2.06. The average Bonchev–Trinajstić information content (AvgIpc) is 2.73. The summed E-state index contributed by atoms with van der Waals surface area (Å²) < 4.78 is 1.80. The Kier molecular flexibility index (Phi) is 3.51. The maximum absolute atomic E-state index is 11.8. The van der Waals surface area contributed by atoms with Crippen molar-refractivity contribution in [2.75, 3.05) is 6.54 Å². The van der Waals surface area contributed by atoms with Gasteiger partial charge in [-0.1, -0.05) is 6.42 Å². The summed E-state index contributed by atoms with van der Waals surface area (Å²) in [6.45, 7) is 1.37. The smallest absolute Gasteiger partial charge is 0.237 e. The molecule has 1 aromatic heterocycles. The summed E-state index contributed by atoms with van der Waals surface area (Å²) >= 11 is 0. The van der Waals surface area contributed by atoms with Crippen LogP contribution >= 0.6 is 0 Å². The van der Waals surface area contributed by atoms with Gasteiger partial charge in [-0.3, -0.25) is 4.79 Å². The molecular formula is C10H17N5O. The quantitative estimate of drug-likeness (QED) is 0.729. The van der Waals surface area contributed by atoms with Gasteiger partial charge in [0.15, 0.2) is 5.82 Å². The van der Waals surface area contributed by atoms with Gasteiger partial charge >= 0.3 is 0 Å². The van der Waals surface area contributed by atoms with E-state index in [9.17, 15) is 4.79 Å². The van der Waals surface area contributed by atoms with E-state index in [1.165, 1.54) is 0 Å². The van der Waals surface area contributed by atoms with E-state index in [-0.39, 0.29) is 11.9 Å². The van der Waals surface area contributed by atoms with Crippen molar-refractivity contribution < 1.29 is 4.79 Å². The Bertz CT molecular complexity index is 356. The molecule has 1 amide bonds. The Labute approximate surface area is 94.4 Å². The average molecular weight is 223 g/mol. The SMILES string of the molecule is Cn1cnnc1CNC(=O)[C@H]1CCCCN1. The van der Waals surface area contributed by atoms with Gasteiger partial charge in [0.2, 0.25) is 5.91 Å². The van der Waals surface area contributed by atoms with E-state index in [1.54, 1.807) is 10.9 Å². The lowest BCUT2D eigenvalue weighted by molar-refractivity contribution is -0.123. The van der Waals surface area contributed by atoms with Crippen molar-refractivity contribution in [1.29, 1.82) is 0 Å². The molecule has 0 bridgehead atoms. The second kappa shape index (κ2) is 5.07. The van der Waals surface area contributed by atoms with Crippen LogP contribution in [0, 0.1) is 0 Å². The summed E-state index contributed by atoms with van der Waals surface area (Å²) in [5, 5.41) is 13.7. The number of carbonyl (C=O) groups excluding carboxylic acids is 1. The number of carbonyl (C=O) groups is 1. The minimum Gasteiger partial charge on any atom is -0.347 e. The molecule has 6 nitrogen and oxygen atoms in total. The Morgan fingerprint density at radius 2 is 2.56 bits per heavy atom. The zero-order valence-corrected chi connectivity index (χ0v) is 9.44. The molecule has 2 heterocycles. The number of amides is 1. The Morgan fingerprint density at radius 1 is 1.69 bits per heavy atom. The topological polar surface area (TPSA) is 71.8 Å². The molecule has 1 atom stereocenters. The zero-order chi connectivity index (χ0) is 11.4. The monoisotopic (exact) mass is 223 g/mol. The number of aryl methyl sites for hydroxylation is 1. The maximum Gasteiger partial charge on any atom is 0.237 e. The fourth-order valence-electron chi connectivity index (χ4n) is 1.83. The van der Waals surface area contributed by atoms with E-state index in [1.807, 2.05) is 7.05 Å². The van der Waals surface area contributed by atoms with E-state index in [0.29, 0.717) is 6.54 Å². The summed E-state index contributed by atoms with van der Waals surface area (Å²) in [7, 11) is 1.86. The number of nitrogens with zero attached hydrogens (tertiary/aromatic N) is 3. The Balaban J connectivity index is 1.81. The van der Waals surface area contributed by atoms with Gasteiger partial charge < -0.3 is 15.2 Å². The number of hydrogen-bond acceptors (Lipinski definition) is 4. The summed E-state index contributed by atoms with van der Waals surface area (Å²) in [6, 6.07) is -0.0398. The lowest BCUT2D eigenvalue weighted by Crippen LogP contribution is -2.46. The lowest BCUT2D eigenvalue weighted by Gasteiger charge is -2.22. The highest BCUT2D eigenvalue weighted by atomic mass is 16.2. The molecule has 16 heavy (non-hydrogen) atoms. The van der Waals surface area contributed by atoms with Crippen LogP contribution in [0.4, 0.5) is 0 Å². The summed E-state index contributed by atoms with van der Waals surface area (Å²) in [5.74, 6) is 0.826. The molecule has 2 N–H and O–H groups in total. The Morgan fingerprint density at radius 3 is 3.19 bits per heavy atom. The second-order valence-electron chi connectivity index (χ2n) is 4.08. The van der Waals surface area contributed by atoms with Crippen LogP contribution in [-0.4, -0.2) is 33.3 Å². The number of piperidine rings is 1. The molecule has 0 radical (unpaired) electrons. The van der Waals surface area contributed by atoms with Crippen LogP contribution in [0.25, 0.3) is 0 Å². The normalized spacial score (nSPS) is 20.7. The molecule has 0 saturated carbocycles. The molecule has 1 aromatic rings. The van der Waals surface area contributed by atoms with Crippen LogP contribution in [0.1, 0.15) is 25.1 Å². The van der Waals surface area contributed by atoms with Gasteiger partial charge in [0.1, 0.15) is 6.33 Å².